The number of guanidine groups is 1. The molecule has 0 aromatic rings. The minimum Gasteiger partial charge on any atom is -0.370 e. The van der Waals surface area contributed by atoms with Crippen molar-refractivity contribution in [2.75, 3.05) is 6.54 Å². The maximum Gasteiger partial charge on any atom is 0.187 e. The monoisotopic (exact) mass is 209 g/mol. The third-order valence-electron chi connectivity index (χ3n) is 1.52. The zero-order valence-corrected chi connectivity index (χ0v) is 8.59. The molecule has 0 aliphatic carbocycles. The molecule has 13 heavy (non-hydrogen) atoms. The molecular formula is C7H20ClN5. The van der Waals surface area contributed by atoms with Gasteiger partial charge in [0.2, 0.25) is 0 Å². The summed E-state index contributed by atoms with van der Waals surface area (Å²) in [6.45, 7) is 0.734. The normalized spacial score (nSPS) is 11.5. The predicted molar refractivity (Wildman–Crippen MR) is 58.6 cm³/mol. The van der Waals surface area contributed by atoms with Crippen LogP contribution in [0.3, 0.4) is 0 Å². The highest BCUT2D eigenvalue weighted by Gasteiger charge is 1.98. The highest BCUT2D eigenvalue weighted by Crippen LogP contribution is 2.01. The molecule has 0 fully saturated rings. The van der Waals surface area contributed by atoms with Gasteiger partial charge in [0.25, 0.3) is 0 Å². The van der Waals surface area contributed by atoms with Gasteiger partial charge in [-0.1, -0.05) is 6.42 Å². The summed E-state index contributed by atoms with van der Waals surface area (Å²) >= 11 is 0. The minimum absolute atomic E-state index is 0. The Labute approximate surface area is 85.3 Å². The first-order valence-corrected chi connectivity index (χ1v) is 4.21. The number of halogens is 1. The maximum absolute atomic E-state index is 5.58. The molecule has 0 amide bonds. The van der Waals surface area contributed by atoms with Gasteiger partial charge in [0.1, 0.15) is 6.17 Å². The van der Waals surface area contributed by atoms with Crippen LogP contribution in [0, 0.1) is 0 Å². The molecule has 0 saturated carbocycles. The second-order valence-electron chi connectivity index (χ2n) is 2.76. The first-order valence-electron chi connectivity index (χ1n) is 4.21. The van der Waals surface area contributed by atoms with Gasteiger partial charge in [-0.2, -0.15) is 0 Å². The van der Waals surface area contributed by atoms with Gasteiger partial charge >= 0.3 is 0 Å². The summed E-state index contributed by atoms with van der Waals surface area (Å²) in [4.78, 5) is 3.79. The van der Waals surface area contributed by atoms with Crippen LogP contribution in [0.2, 0.25) is 0 Å². The van der Waals surface area contributed by atoms with E-state index in [4.69, 9.17) is 22.9 Å². The van der Waals surface area contributed by atoms with Gasteiger partial charge in [-0.25, -0.2) is 4.99 Å². The Morgan fingerprint density at radius 1 is 1.15 bits per heavy atom. The second-order valence-corrected chi connectivity index (χ2v) is 2.76. The Morgan fingerprint density at radius 2 is 1.77 bits per heavy atom. The molecule has 0 bridgehead atoms. The summed E-state index contributed by atoms with van der Waals surface area (Å²) in [7, 11) is 0. The van der Waals surface area contributed by atoms with E-state index >= 15 is 0 Å². The van der Waals surface area contributed by atoms with E-state index in [0.717, 1.165) is 32.2 Å². The molecule has 6 heteroatoms. The molecule has 0 aliphatic rings. The molecular weight excluding hydrogens is 190 g/mol. The van der Waals surface area contributed by atoms with Crippen LogP contribution < -0.4 is 22.9 Å². The van der Waals surface area contributed by atoms with Gasteiger partial charge in [-0.3, -0.25) is 0 Å². The van der Waals surface area contributed by atoms with E-state index in [0.29, 0.717) is 0 Å². The predicted octanol–water partition coefficient (Wildman–Crippen LogP) is -0.514. The lowest BCUT2D eigenvalue weighted by Crippen LogP contribution is -2.28. The topological polar surface area (TPSA) is 116 Å². The van der Waals surface area contributed by atoms with Crippen molar-refractivity contribution in [3.63, 3.8) is 0 Å². The molecule has 5 nitrogen and oxygen atoms in total. The zero-order chi connectivity index (χ0) is 9.40. The Hall–Kier alpha value is -0.520. The second kappa shape index (κ2) is 9.57. The van der Waals surface area contributed by atoms with Crippen molar-refractivity contribution in [2.24, 2.45) is 27.9 Å². The number of unbranched alkanes of at least 4 members (excludes halogenated alkanes) is 2. The van der Waals surface area contributed by atoms with Gasteiger partial charge in [-0.15, -0.1) is 12.4 Å². The lowest BCUT2D eigenvalue weighted by atomic mass is 10.2. The first-order chi connectivity index (χ1) is 5.66. The van der Waals surface area contributed by atoms with Gasteiger partial charge in [0.05, 0.1) is 0 Å². The van der Waals surface area contributed by atoms with Crippen LogP contribution in [0.4, 0.5) is 0 Å². The quantitative estimate of drug-likeness (QED) is 0.268. The summed E-state index contributed by atoms with van der Waals surface area (Å²) in [5.41, 5.74) is 21.2. The lowest BCUT2D eigenvalue weighted by molar-refractivity contribution is 0.568. The fourth-order valence-electron chi connectivity index (χ4n) is 0.931. The SMILES string of the molecule is Cl.NCCCCCC(N)N=C(N)N. The molecule has 1 atom stereocenters. The molecule has 0 saturated heterocycles. The third-order valence-corrected chi connectivity index (χ3v) is 1.52. The number of rotatable bonds is 6. The van der Waals surface area contributed by atoms with E-state index in [1.54, 1.807) is 0 Å². The summed E-state index contributed by atoms with van der Waals surface area (Å²) < 4.78 is 0. The van der Waals surface area contributed by atoms with E-state index in [2.05, 4.69) is 4.99 Å². The van der Waals surface area contributed by atoms with Crippen LogP contribution in [0.1, 0.15) is 25.7 Å². The highest BCUT2D eigenvalue weighted by molar-refractivity contribution is 5.85. The Balaban J connectivity index is 0. The van der Waals surface area contributed by atoms with Crippen molar-refractivity contribution in [1.82, 2.24) is 0 Å². The molecule has 8 N–H and O–H groups in total. The molecule has 0 aliphatic heterocycles. The molecule has 0 spiro atoms. The van der Waals surface area contributed by atoms with Crippen LogP contribution >= 0.6 is 12.4 Å². The smallest absolute Gasteiger partial charge is 0.187 e. The Morgan fingerprint density at radius 3 is 2.23 bits per heavy atom. The first kappa shape index (κ1) is 15.0. The summed E-state index contributed by atoms with van der Waals surface area (Å²) in [5.74, 6) is 0.0568. The molecule has 0 aromatic heterocycles. The number of hydrogen-bond acceptors (Lipinski definition) is 3. The van der Waals surface area contributed by atoms with Crippen LogP contribution in [0.5, 0.6) is 0 Å². The van der Waals surface area contributed by atoms with Gasteiger partial charge in [0.15, 0.2) is 5.96 Å². The van der Waals surface area contributed by atoms with E-state index in [-0.39, 0.29) is 24.5 Å². The van der Waals surface area contributed by atoms with Crippen molar-refractivity contribution in [2.45, 2.75) is 31.8 Å². The molecule has 0 rings (SSSR count). The average Bonchev–Trinajstić information content (AvgIpc) is 1.97. The standard InChI is InChI=1S/C7H19N5.ClH/c8-5-3-1-2-4-6(9)12-7(10)11;/h6H,1-5,8-9H2,(H4,10,11,12);1H. The Bertz CT molecular complexity index is 135. The van der Waals surface area contributed by atoms with Crippen molar-refractivity contribution < 1.29 is 0 Å². The molecule has 80 valence electrons. The fourth-order valence-corrected chi connectivity index (χ4v) is 0.931. The zero-order valence-electron chi connectivity index (χ0n) is 7.78. The van der Waals surface area contributed by atoms with E-state index in [9.17, 15) is 0 Å². The number of aliphatic imine (C=N–C) groups is 1. The number of nitrogens with zero attached hydrogens (tertiary/aromatic N) is 1. The Kier molecular flexibility index (Phi) is 11.0. The maximum atomic E-state index is 5.58. The molecule has 1 unspecified atom stereocenters. The van der Waals surface area contributed by atoms with Crippen LogP contribution in [0.25, 0.3) is 0 Å². The summed E-state index contributed by atoms with van der Waals surface area (Å²) in [6, 6.07) is 0. The lowest BCUT2D eigenvalue weighted by Gasteiger charge is -2.05. The van der Waals surface area contributed by atoms with Crippen LogP contribution in [-0.4, -0.2) is 18.7 Å². The van der Waals surface area contributed by atoms with Gasteiger partial charge in [0, 0.05) is 0 Å². The van der Waals surface area contributed by atoms with E-state index < -0.39 is 0 Å². The van der Waals surface area contributed by atoms with Crippen molar-refractivity contribution in [1.29, 1.82) is 0 Å². The van der Waals surface area contributed by atoms with Crippen LogP contribution in [0.15, 0.2) is 4.99 Å². The minimum atomic E-state index is -0.257. The fraction of sp³-hybridized carbons (Fsp3) is 0.857. The van der Waals surface area contributed by atoms with Crippen molar-refractivity contribution in [3.8, 4) is 0 Å². The molecule has 0 heterocycles. The summed E-state index contributed by atoms with van der Waals surface area (Å²) in [6.07, 6.45) is 3.71. The van der Waals surface area contributed by atoms with E-state index in [1.807, 2.05) is 0 Å². The van der Waals surface area contributed by atoms with Gasteiger partial charge in [-0.05, 0) is 25.8 Å². The largest absolute Gasteiger partial charge is 0.370 e. The molecule has 0 aromatic carbocycles. The third kappa shape index (κ3) is 11.5. The van der Waals surface area contributed by atoms with Crippen molar-refractivity contribution in [3.05, 3.63) is 0 Å². The van der Waals surface area contributed by atoms with Crippen molar-refractivity contribution >= 4 is 18.4 Å². The van der Waals surface area contributed by atoms with Gasteiger partial charge < -0.3 is 22.9 Å². The highest BCUT2D eigenvalue weighted by atomic mass is 35.5. The van der Waals surface area contributed by atoms with Crippen LogP contribution in [-0.2, 0) is 0 Å². The number of hydrogen-bond donors (Lipinski definition) is 4. The summed E-state index contributed by atoms with van der Waals surface area (Å²) in [5, 5.41) is 0. The number of nitrogens with two attached hydrogens (primary N) is 4. The average molecular weight is 210 g/mol. The molecule has 0 radical (unpaired) electrons. The van der Waals surface area contributed by atoms with E-state index in [1.165, 1.54) is 0 Å².